The van der Waals surface area contributed by atoms with Crippen molar-refractivity contribution in [2.24, 2.45) is 4.99 Å². The molecule has 3 aromatic rings. The van der Waals surface area contributed by atoms with Crippen molar-refractivity contribution in [2.45, 2.75) is 17.9 Å². The number of aromatic nitrogens is 1. The Labute approximate surface area is 216 Å². The number of benzene rings is 2. The Hall–Kier alpha value is -3.50. The molecule has 0 spiro atoms. The number of nitrogens with zero attached hydrogens (tertiary/aromatic N) is 2. The molecule has 4 rings (SSSR count). The standard InChI is InChI=1S/C26H26N2O6S2/c1-14-21(25(30)34-5)22(16-7-9-17(35-6)10-8-16)28-24(29)20(36-26(28)27-14)13-15-11-18(31-2)23(33-4)19(12-15)32-3/h7-13,22H,1-6H3. The van der Waals surface area contributed by atoms with Crippen LogP contribution in [0.15, 0.2) is 62.4 Å². The Morgan fingerprint density at radius 1 is 1.06 bits per heavy atom. The topological polar surface area (TPSA) is 88.4 Å². The molecule has 10 heteroatoms. The third-order valence-electron chi connectivity index (χ3n) is 5.84. The fourth-order valence-corrected chi connectivity index (χ4v) is 5.59. The monoisotopic (exact) mass is 526 g/mol. The maximum atomic E-state index is 13.7. The van der Waals surface area contributed by atoms with Crippen LogP contribution in [-0.2, 0) is 9.53 Å². The first-order valence-corrected chi connectivity index (χ1v) is 13.0. The fraction of sp³-hybridized carbons (Fsp3) is 0.269. The van der Waals surface area contributed by atoms with Crippen molar-refractivity contribution in [3.8, 4) is 17.2 Å². The van der Waals surface area contributed by atoms with Crippen LogP contribution in [0.1, 0.15) is 24.1 Å². The minimum absolute atomic E-state index is 0.264. The number of ether oxygens (including phenoxy) is 4. The number of methoxy groups -OCH3 is 4. The van der Waals surface area contributed by atoms with Gasteiger partial charge in [0, 0.05) is 4.90 Å². The van der Waals surface area contributed by atoms with Gasteiger partial charge in [0.1, 0.15) is 0 Å². The Bertz CT molecular complexity index is 1490. The highest BCUT2D eigenvalue weighted by atomic mass is 32.2. The average molecular weight is 527 g/mol. The van der Waals surface area contributed by atoms with Crippen molar-refractivity contribution in [3.63, 3.8) is 0 Å². The highest BCUT2D eigenvalue weighted by Gasteiger charge is 2.33. The molecule has 2 aromatic carbocycles. The van der Waals surface area contributed by atoms with E-state index < -0.39 is 12.0 Å². The number of carbonyl (C=O) groups excluding carboxylic acids is 1. The number of rotatable bonds is 7. The van der Waals surface area contributed by atoms with Gasteiger partial charge in [-0.2, -0.15) is 0 Å². The van der Waals surface area contributed by atoms with E-state index in [-0.39, 0.29) is 5.56 Å². The number of fused-ring (bicyclic) bond motifs is 1. The Morgan fingerprint density at radius 3 is 2.22 bits per heavy atom. The lowest BCUT2D eigenvalue weighted by molar-refractivity contribution is -0.136. The normalized spacial score (nSPS) is 15.3. The predicted molar refractivity (Wildman–Crippen MR) is 140 cm³/mol. The minimum atomic E-state index is -0.660. The summed E-state index contributed by atoms with van der Waals surface area (Å²) in [6.45, 7) is 1.76. The molecule has 0 saturated carbocycles. The molecule has 0 amide bonds. The van der Waals surface area contributed by atoms with Gasteiger partial charge in [-0.05, 0) is 54.6 Å². The zero-order valence-electron chi connectivity index (χ0n) is 20.8. The van der Waals surface area contributed by atoms with Gasteiger partial charge in [-0.25, -0.2) is 9.79 Å². The van der Waals surface area contributed by atoms with Crippen LogP contribution in [0.4, 0.5) is 0 Å². The van der Waals surface area contributed by atoms with E-state index in [9.17, 15) is 9.59 Å². The SMILES string of the molecule is COC(=O)C1=C(C)N=c2sc(=Cc3cc(OC)c(OC)c(OC)c3)c(=O)n2C1c1ccc(SC)cc1. The van der Waals surface area contributed by atoms with Crippen molar-refractivity contribution in [2.75, 3.05) is 34.7 Å². The summed E-state index contributed by atoms with van der Waals surface area (Å²) < 4.78 is 23.4. The van der Waals surface area contributed by atoms with Gasteiger partial charge in [-0.1, -0.05) is 23.5 Å². The number of esters is 1. The van der Waals surface area contributed by atoms with E-state index in [4.69, 9.17) is 18.9 Å². The lowest BCUT2D eigenvalue weighted by atomic mass is 9.96. The van der Waals surface area contributed by atoms with Crippen LogP contribution >= 0.6 is 23.1 Å². The highest BCUT2D eigenvalue weighted by Crippen LogP contribution is 2.38. The molecule has 0 N–H and O–H groups in total. The summed E-state index contributed by atoms with van der Waals surface area (Å²) in [5, 5.41) is 0. The molecule has 1 aromatic heterocycles. The number of thioether (sulfide) groups is 1. The zero-order chi connectivity index (χ0) is 26.0. The second-order valence-electron chi connectivity index (χ2n) is 7.81. The van der Waals surface area contributed by atoms with Crippen molar-refractivity contribution < 1.29 is 23.7 Å². The van der Waals surface area contributed by atoms with Crippen molar-refractivity contribution in [1.82, 2.24) is 4.57 Å². The van der Waals surface area contributed by atoms with Gasteiger partial charge in [-0.15, -0.1) is 11.8 Å². The number of thiazole rings is 1. The number of hydrogen-bond acceptors (Lipinski definition) is 9. The summed E-state index contributed by atoms with van der Waals surface area (Å²) in [6.07, 6.45) is 3.74. The molecule has 0 radical (unpaired) electrons. The third-order valence-corrected chi connectivity index (χ3v) is 7.57. The first-order valence-electron chi connectivity index (χ1n) is 10.9. The molecule has 188 valence electrons. The number of carbonyl (C=O) groups is 1. The van der Waals surface area contributed by atoms with Crippen LogP contribution in [0.2, 0.25) is 0 Å². The first-order chi connectivity index (χ1) is 17.4. The van der Waals surface area contributed by atoms with Gasteiger partial charge in [0.15, 0.2) is 16.3 Å². The van der Waals surface area contributed by atoms with E-state index in [2.05, 4.69) is 4.99 Å². The quantitative estimate of drug-likeness (QED) is 0.345. The first kappa shape index (κ1) is 25.6. The van der Waals surface area contributed by atoms with Crippen LogP contribution in [0, 0.1) is 0 Å². The Morgan fingerprint density at radius 2 is 1.69 bits per heavy atom. The van der Waals surface area contributed by atoms with Crippen LogP contribution < -0.4 is 29.1 Å². The minimum Gasteiger partial charge on any atom is -0.493 e. The molecule has 0 saturated heterocycles. The van der Waals surface area contributed by atoms with Crippen LogP contribution in [0.25, 0.3) is 6.08 Å². The van der Waals surface area contributed by atoms with Gasteiger partial charge in [0.25, 0.3) is 5.56 Å². The molecule has 1 aliphatic heterocycles. The summed E-state index contributed by atoms with van der Waals surface area (Å²) in [6, 6.07) is 10.7. The Balaban J connectivity index is 1.94. The summed E-state index contributed by atoms with van der Waals surface area (Å²) in [4.78, 5) is 32.7. The summed E-state index contributed by atoms with van der Waals surface area (Å²) in [7, 11) is 5.93. The molecule has 1 aliphatic rings. The zero-order valence-corrected chi connectivity index (χ0v) is 22.4. The molecular formula is C26H26N2O6S2. The smallest absolute Gasteiger partial charge is 0.338 e. The number of allylic oxidation sites excluding steroid dienone is 1. The molecule has 8 nitrogen and oxygen atoms in total. The molecule has 0 fully saturated rings. The molecule has 1 atom stereocenters. The summed E-state index contributed by atoms with van der Waals surface area (Å²) in [5.74, 6) is 0.901. The summed E-state index contributed by atoms with van der Waals surface area (Å²) in [5.41, 5.74) is 2.07. The van der Waals surface area contributed by atoms with E-state index >= 15 is 0 Å². The molecule has 1 unspecified atom stereocenters. The van der Waals surface area contributed by atoms with E-state index in [1.165, 1.54) is 39.8 Å². The van der Waals surface area contributed by atoms with Crippen LogP contribution in [0.3, 0.4) is 0 Å². The number of hydrogen-bond donors (Lipinski definition) is 0. The Kier molecular flexibility index (Phi) is 7.56. The van der Waals surface area contributed by atoms with Gasteiger partial charge in [0.05, 0.1) is 50.3 Å². The highest BCUT2D eigenvalue weighted by molar-refractivity contribution is 7.98. The van der Waals surface area contributed by atoms with E-state index in [0.717, 1.165) is 10.5 Å². The van der Waals surface area contributed by atoms with Crippen LogP contribution in [-0.4, -0.2) is 45.2 Å². The maximum Gasteiger partial charge on any atom is 0.338 e. The summed E-state index contributed by atoms with van der Waals surface area (Å²) >= 11 is 2.87. The molecule has 2 heterocycles. The lowest BCUT2D eigenvalue weighted by Gasteiger charge is -2.24. The lowest BCUT2D eigenvalue weighted by Crippen LogP contribution is -2.39. The second kappa shape index (κ2) is 10.6. The average Bonchev–Trinajstić information content (AvgIpc) is 3.20. The second-order valence-corrected chi connectivity index (χ2v) is 9.69. The van der Waals surface area contributed by atoms with Gasteiger partial charge >= 0.3 is 5.97 Å². The molecule has 0 aliphatic carbocycles. The molecular weight excluding hydrogens is 500 g/mol. The molecule has 0 bridgehead atoms. The van der Waals surface area contributed by atoms with Crippen molar-refractivity contribution in [1.29, 1.82) is 0 Å². The third kappa shape index (κ3) is 4.54. The van der Waals surface area contributed by atoms with E-state index in [0.29, 0.717) is 43.4 Å². The van der Waals surface area contributed by atoms with Gasteiger partial charge in [0.2, 0.25) is 5.75 Å². The van der Waals surface area contributed by atoms with Gasteiger partial charge < -0.3 is 18.9 Å². The van der Waals surface area contributed by atoms with Crippen molar-refractivity contribution >= 4 is 35.1 Å². The van der Waals surface area contributed by atoms with Crippen molar-refractivity contribution in [3.05, 3.63) is 78.5 Å². The van der Waals surface area contributed by atoms with Crippen LogP contribution in [0.5, 0.6) is 17.2 Å². The maximum absolute atomic E-state index is 13.7. The van der Waals surface area contributed by atoms with Gasteiger partial charge in [-0.3, -0.25) is 9.36 Å². The van der Waals surface area contributed by atoms with E-state index in [1.807, 2.05) is 30.5 Å². The molecule has 36 heavy (non-hydrogen) atoms. The van der Waals surface area contributed by atoms with E-state index in [1.54, 1.807) is 41.5 Å². The largest absolute Gasteiger partial charge is 0.493 e. The predicted octanol–water partition coefficient (Wildman–Crippen LogP) is 3.16. The fourth-order valence-electron chi connectivity index (χ4n) is 4.13.